The molecular formula is C9H17NO. The number of aliphatic hydroxyl groups is 1. The SMILES string of the molecule is CC(C)=CC(O)(CN)C1CC1. The summed E-state index contributed by atoms with van der Waals surface area (Å²) in [5.41, 5.74) is 5.94. The lowest BCUT2D eigenvalue weighted by Crippen LogP contribution is -2.38. The number of allylic oxidation sites excluding steroid dienone is 1. The van der Waals surface area contributed by atoms with Crippen molar-refractivity contribution in [2.24, 2.45) is 11.7 Å². The third-order valence-corrected chi connectivity index (χ3v) is 2.15. The molecule has 0 aromatic heterocycles. The molecule has 1 atom stereocenters. The molecule has 1 fully saturated rings. The molecule has 0 spiro atoms. The quantitative estimate of drug-likeness (QED) is 0.598. The van der Waals surface area contributed by atoms with Crippen molar-refractivity contribution >= 4 is 0 Å². The van der Waals surface area contributed by atoms with Gasteiger partial charge in [-0.25, -0.2) is 0 Å². The van der Waals surface area contributed by atoms with Gasteiger partial charge in [-0.3, -0.25) is 0 Å². The van der Waals surface area contributed by atoms with Crippen LogP contribution in [0.4, 0.5) is 0 Å². The van der Waals surface area contributed by atoms with Crippen molar-refractivity contribution in [2.75, 3.05) is 6.54 Å². The number of hydrogen-bond acceptors (Lipinski definition) is 2. The monoisotopic (exact) mass is 155 g/mol. The molecule has 1 aliphatic carbocycles. The van der Waals surface area contributed by atoms with Crippen LogP contribution in [0.3, 0.4) is 0 Å². The zero-order chi connectivity index (χ0) is 8.48. The van der Waals surface area contributed by atoms with Crippen LogP contribution in [0.25, 0.3) is 0 Å². The first kappa shape index (κ1) is 8.75. The Bertz CT molecular complexity index is 168. The minimum absolute atomic E-state index is 0.350. The van der Waals surface area contributed by atoms with Crippen molar-refractivity contribution in [3.05, 3.63) is 11.6 Å². The van der Waals surface area contributed by atoms with Gasteiger partial charge in [-0.1, -0.05) is 11.6 Å². The van der Waals surface area contributed by atoms with Crippen LogP contribution in [0.15, 0.2) is 11.6 Å². The van der Waals surface area contributed by atoms with Gasteiger partial charge in [0.1, 0.15) is 0 Å². The maximum absolute atomic E-state index is 9.93. The lowest BCUT2D eigenvalue weighted by Gasteiger charge is -2.22. The summed E-state index contributed by atoms with van der Waals surface area (Å²) in [6.07, 6.45) is 4.14. The molecule has 0 aromatic rings. The van der Waals surface area contributed by atoms with Crippen LogP contribution in [0.1, 0.15) is 26.7 Å². The summed E-state index contributed by atoms with van der Waals surface area (Å²) in [4.78, 5) is 0. The van der Waals surface area contributed by atoms with Gasteiger partial charge in [0, 0.05) is 6.54 Å². The van der Waals surface area contributed by atoms with Gasteiger partial charge in [-0.2, -0.15) is 0 Å². The third kappa shape index (κ3) is 2.04. The Morgan fingerprint density at radius 1 is 1.64 bits per heavy atom. The molecule has 0 bridgehead atoms. The Kier molecular flexibility index (Phi) is 2.35. The average Bonchev–Trinajstić information content (AvgIpc) is 2.66. The largest absolute Gasteiger partial charge is 0.384 e. The fourth-order valence-electron chi connectivity index (χ4n) is 1.43. The molecular weight excluding hydrogens is 138 g/mol. The van der Waals surface area contributed by atoms with Crippen LogP contribution < -0.4 is 5.73 Å². The molecule has 1 unspecified atom stereocenters. The van der Waals surface area contributed by atoms with Gasteiger partial charge in [0.25, 0.3) is 0 Å². The first-order chi connectivity index (χ1) is 5.08. The Morgan fingerprint density at radius 2 is 2.18 bits per heavy atom. The Labute approximate surface area is 68.1 Å². The Hall–Kier alpha value is -0.340. The summed E-state index contributed by atoms with van der Waals surface area (Å²) in [6, 6.07) is 0. The highest BCUT2D eigenvalue weighted by Gasteiger charge is 2.40. The number of hydrogen-bond donors (Lipinski definition) is 2. The summed E-state index contributed by atoms with van der Waals surface area (Å²) in [5.74, 6) is 0.419. The highest BCUT2D eigenvalue weighted by atomic mass is 16.3. The first-order valence-corrected chi connectivity index (χ1v) is 4.17. The molecule has 0 heterocycles. The van der Waals surface area contributed by atoms with E-state index >= 15 is 0 Å². The topological polar surface area (TPSA) is 46.2 Å². The van der Waals surface area contributed by atoms with Crippen molar-refractivity contribution in [3.63, 3.8) is 0 Å². The molecule has 3 N–H and O–H groups in total. The van der Waals surface area contributed by atoms with Gasteiger partial charge in [-0.05, 0) is 32.6 Å². The van der Waals surface area contributed by atoms with E-state index in [2.05, 4.69) is 0 Å². The second kappa shape index (κ2) is 2.95. The zero-order valence-corrected chi connectivity index (χ0v) is 7.30. The van der Waals surface area contributed by atoms with Crippen molar-refractivity contribution in [1.82, 2.24) is 0 Å². The standard InChI is InChI=1S/C9H17NO/c1-7(2)5-9(11,6-10)8-3-4-8/h5,8,11H,3-4,6,10H2,1-2H3. The minimum Gasteiger partial charge on any atom is -0.384 e. The average molecular weight is 155 g/mol. The molecule has 0 amide bonds. The van der Waals surface area contributed by atoms with Crippen molar-refractivity contribution in [3.8, 4) is 0 Å². The predicted octanol–water partition coefficient (Wildman–Crippen LogP) is 1.05. The van der Waals surface area contributed by atoms with Crippen molar-refractivity contribution < 1.29 is 5.11 Å². The highest BCUT2D eigenvalue weighted by molar-refractivity contribution is 5.13. The Balaban J connectivity index is 2.66. The molecule has 2 heteroatoms. The summed E-state index contributed by atoms with van der Waals surface area (Å²) >= 11 is 0. The molecule has 0 saturated heterocycles. The second-order valence-corrected chi connectivity index (χ2v) is 3.69. The van der Waals surface area contributed by atoms with Gasteiger partial charge in [0.05, 0.1) is 5.60 Å². The van der Waals surface area contributed by atoms with Crippen molar-refractivity contribution in [1.29, 1.82) is 0 Å². The van der Waals surface area contributed by atoms with Gasteiger partial charge in [0.15, 0.2) is 0 Å². The molecule has 11 heavy (non-hydrogen) atoms. The van der Waals surface area contributed by atoms with E-state index in [0.717, 1.165) is 18.4 Å². The molecule has 1 saturated carbocycles. The van der Waals surface area contributed by atoms with Gasteiger partial charge in [-0.15, -0.1) is 0 Å². The van der Waals surface area contributed by atoms with E-state index in [4.69, 9.17) is 5.73 Å². The van der Waals surface area contributed by atoms with Crippen LogP contribution in [0.5, 0.6) is 0 Å². The smallest absolute Gasteiger partial charge is 0.0979 e. The number of rotatable bonds is 3. The first-order valence-electron chi connectivity index (χ1n) is 4.17. The number of nitrogens with two attached hydrogens (primary N) is 1. The van der Waals surface area contributed by atoms with Crippen LogP contribution >= 0.6 is 0 Å². The van der Waals surface area contributed by atoms with E-state index in [0.29, 0.717) is 12.5 Å². The van der Waals surface area contributed by atoms with E-state index in [1.807, 2.05) is 19.9 Å². The second-order valence-electron chi connectivity index (χ2n) is 3.69. The van der Waals surface area contributed by atoms with E-state index in [9.17, 15) is 5.11 Å². The van der Waals surface area contributed by atoms with Crippen LogP contribution in [0, 0.1) is 5.92 Å². The van der Waals surface area contributed by atoms with E-state index in [1.54, 1.807) is 0 Å². The van der Waals surface area contributed by atoms with Crippen molar-refractivity contribution in [2.45, 2.75) is 32.3 Å². The summed E-state index contributed by atoms with van der Waals surface area (Å²) < 4.78 is 0. The normalized spacial score (nSPS) is 22.5. The lowest BCUT2D eigenvalue weighted by molar-refractivity contribution is 0.0757. The highest BCUT2D eigenvalue weighted by Crippen LogP contribution is 2.40. The summed E-state index contributed by atoms with van der Waals surface area (Å²) in [6.45, 7) is 4.33. The molecule has 0 aromatic carbocycles. The third-order valence-electron chi connectivity index (χ3n) is 2.15. The molecule has 1 rings (SSSR count). The maximum Gasteiger partial charge on any atom is 0.0979 e. The zero-order valence-electron chi connectivity index (χ0n) is 7.30. The molecule has 2 nitrogen and oxygen atoms in total. The van der Waals surface area contributed by atoms with Crippen LogP contribution in [0.2, 0.25) is 0 Å². The minimum atomic E-state index is -0.709. The van der Waals surface area contributed by atoms with Gasteiger partial charge in [0.2, 0.25) is 0 Å². The van der Waals surface area contributed by atoms with E-state index in [1.165, 1.54) is 0 Å². The lowest BCUT2D eigenvalue weighted by atomic mass is 9.96. The molecule has 0 aliphatic heterocycles. The van der Waals surface area contributed by atoms with Gasteiger partial charge < -0.3 is 10.8 Å². The summed E-state index contributed by atoms with van der Waals surface area (Å²) in [7, 11) is 0. The summed E-state index contributed by atoms with van der Waals surface area (Å²) in [5, 5.41) is 9.93. The fraction of sp³-hybridized carbons (Fsp3) is 0.778. The van der Waals surface area contributed by atoms with Crippen LogP contribution in [-0.2, 0) is 0 Å². The van der Waals surface area contributed by atoms with E-state index in [-0.39, 0.29) is 0 Å². The molecule has 0 radical (unpaired) electrons. The Morgan fingerprint density at radius 3 is 2.45 bits per heavy atom. The molecule has 1 aliphatic rings. The van der Waals surface area contributed by atoms with Crippen LogP contribution in [-0.4, -0.2) is 17.3 Å². The fourth-order valence-corrected chi connectivity index (χ4v) is 1.43. The predicted molar refractivity (Wildman–Crippen MR) is 46.2 cm³/mol. The maximum atomic E-state index is 9.93. The van der Waals surface area contributed by atoms with E-state index < -0.39 is 5.60 Å². The van der Waals surface area contributed by atoms with Gasteiger partial charge >= 0.3 is 0 Å². The molecule has 64 valence electrons.